The number of nitrogens with zero attached hydrogens (tertiary/aromatic N) is 4. The van der Waals surface area contributed by atoms with Crippen LogP contribution in [0.3, 0.4) is 0 Å². The Bertz CT molecular complexity index is 2570. The number of phenolic OH excluding ortho intramolecular Hbond substituents is 1. The molecule has 0 saturated carbocycles. The Kier molecular flexibility index (Phi) is 8.38. The second-order valence-electron chi connectivity index (χ2n) is 15.9. The van der Waals surface area contributed by atoms with Crippen LogP contribution < -0.4 is 0 Å². The van der Waals surface area contributed by atoms with Crippen molar-refractivity contribution < 1.29 is 5.11 Å². The summed E-state index contributed by atoms with van der Waals surface area (Å²) in [5.41, 5.74) is 13.1. The third-order valence-electron chi connectivity index (χ3n) is 10.0. The molecule has 0 aliphatic heterocycles. The standard InChI is InChI=1S/C48H44N4O/c1-47(2,3)37-30-40(46(53)41(31-37)48(4,5)6)44-45-43(23-25-51(45)38-20-14-9-15-21-38)52(50-44)39-27-35(33-18-12-8-13-19-33)26-36(28-39)42-29-34(22-24-49-42)32-16-10-7-11-17-32/h7-31,53H,1-6H3. The molecule has 0 bridgehead atoms. The fraction of sp³-hybridized carbons (Fsp3) is 0.167. The molecule has 262 valence electrons. The molecule has 0 unspecified atom stereocenters. The van der Waals surface area contributed by atoms with Gasteiger partial charge in [-0.25, -0.2) is 4.68 Å². The minimum absolute atomic E-state index is 0.147. The fourth-order valence-electron chi connectivity index (χ4n) is 7.11. The summed E-state index contributed by atoms with van der Waals surface area (Å²) in [5, 5.41) is 17.6. The maximum atomic E-state index is 12.1. The number of phenols is 1. The van der Waals surface area contributed by atoms with Crippen LogP contribution in [0.25, 0.3) is 67.2 Å². The molecule has 0 saturated heterocycles. The Morgan fingerprint density at radius 3 is 1.81 bits per heavy atom. The lowest BCUT2D eigenvalue weighted by Gasteiger charge is -2.27. The normalized spacial score (nSPS) is 12.0. The monoisotopic (exact) mass is 692 g/mol. The molecule has 0 atom stereocenters. The molecular weight excluding hydrogens is 649 g/mol. The van der Waals surface area contributed by atoms with Crippen LogP contribution in [0.2, 0.25) is 0 Å². The first-order valence-corrected chi connectivity index (χ1v) is 18.2. The summed E-state index contributed by atoms with van der Waals surface area (Å²) in [5.74, 6) is 0.263. The van der Waals surface area contributed by atoms with Crippen molar-refractivity contribution in [3.8, 4) is 61.9 Å². The Balaban J connectivity index is 1.41. The van der Waals surface area contributed by atoms with Gasteiger partial charge in [-0.05, 0) is 93.2 Å². The molecule has 5 nitrogen and oxygen atoms in total. The van der Waals surface area contributed by atoms with E-state index in [1.165, 1.54) is 0 Å². The predicted molar refractivity (Wildman–Crippen MR) is 219 cm³/mol. The van der Waals surface area contributed by atoms with Crippen LogP contribution >= 0.6 is 0 Å². The van der Waals surface area contributed by atoms with Crippen LogP contribution in [0.4, 0.5) is 0 Å². The van der Waals surface area contributed by atoms with Gasteiger partial charge in [0.1, 0.15) is 17.0 Å². The number of rotatable bonds is 6. The highest BCUT2D eigenvalue weighted by molar-refractivity contribution is 5.96. The number of para-hydroxylation sites is 1. The van der Waals surface area contributed by atoms with Gasteiger partial charge in [-0.2, -0.15) is 5.10 Å². The summed E-state index contributed by atoms with van der Waals surface area (Å²) in [6.45, 7) is 13.1. The zero-order valence-corrected chi connectivity index (χ0v) is 31.2. The van der Waals surface area contributed by atoms with Crippen molar-refractivity contribution in [3.05, 3.63) is 163 Å². The fourth-order valence-corrected chi connectivity index (χ4v) is 7.11. The Morgan fingerprint density at radius 1 is 0.547 bits per heavy atom. The van der Waals surface area contributed by atoms with Gasteiger partial charge in [0.05, 0.1) is 16.9 Å². The third-order valence-corrected chi connectivity index (χ3v) is 10.0. The smallest absolute Gasteiger partial charge is 0.128 e. The van der Waals surface area contributed by atoms with Crippen LogP contribution in [0.15, 0.2) is 152 Å². The van der Waals surface area contributed by atoms with E-state index in [-0.39, 0.29) is 16.6 Å². The van der Waals surface area contributed by atoms with E-state index < -0.39 is 0 Å². The van der Waals surface area contributed by atoms with Crippen LogP contribution in [-0.4, -0.2) is 24.4 Å². The van der Waals surface area contributed by atoms with E-state index in [1.807, 2.05) is 41.2 Å². The molecule has 5 aromatic carbocycles. The summed E-state index contributed by atoms with van der Waals surface area (Å²) in [7, 11) is 0. The molecule has 3 heterocycles. The summed E-state index contributed by atoms with van der Waals surface area (Å²) in [4.78, 5) is 4.87. The zero-order valence-electron chi connectivity index (χ0n) is 31.2. The van der Waals surface area contributed by atoms with E-state index in [0.717, 1.165) is 78.3 Å². The number of aromatic hydroxyl groups is 1. The van der Waals surface area contributed by atoms with E-state index >= 15 is 0 Å². The molecule has 0 aliphatic carbocycles. The van der Waals surface area contributed by atoms with Crippen molar-refractivity contribution >= 4 is 11.0 Å². The molecule has 5 heteroatoms. The predicted octanol–water partition coefficient (Wildman–Crippen LogP) is 12.2. The van der Waals surface area contributed by atoms with Crippen molar-refractivity contribution in [1.29, 1.82) is 0 Å². The van der Waals surface area contributed by atoms with Gasteiger partial charge in [0.15, 0.2) is 0 Å². The lowest BCUT2D eigenvalue weighted by Crippen LogP contribution is -2.17. The van der Waals surface area contributed by atoms with Crippen molar-refractivity contribution in [2.75, 3.05) is 0 Å². The molecule has 3 aromatic heterocycles. The quantitative estimate of drug-likeness (QED) is 0.189. The maximum Gasteiger partial charge on any atom is 0.128 e. The minimum atomic E-state index is -0.288. The van der Waals surface area contributed by atoms with Gasteiger partial charge in [0, 0.05) is 34.8 Å². The van der Waals surface area contributed by atoms with Gasteiger partial charge < -0.3 is 9.67 Å². The highest BCUT2D eigenvalue weighted by atomic mass is 16.3. The van der Waals surface area contributed by atoms with E-state index in [9.17, 15) is 5.11 Å². The van der Waals surface area contributed by atoms with Crippen LogP contribution in [0, 0.1) is 0 Å². The molecule has 8 aromatic rings. The minimum Gasteiger partial charge on any atom is -0.507 e. The lowest BCUT2D eigenvalue weighted by molar-refractivity contribution is 0.446. The maximum absolute atomic E-state index is 12.1. The first kappa shape index (κ1) is 33.9. The van der Waals surface area contributed by atoms with Crippen LogP contribution in [0.1, 0.15) is 52.7 Å². The Hall–Kier alpha value is -6.20. The molecule has 0 amide bonds. The second-order valence-corrected chi connectivity index (χ2v) is 15.9. The number of aromatic nitrogens is 4. The number of hydrogen-bond donors (Lipinski definition) is 1. The van der Waals surface area contributed by atoms with Crippen molar-refractivity contribution in [2.45, 2.75) is 52.4 Å². The Morgan fingerprint density at radius 2 is 1.17 bits per heavy atom. The van der Waals surface area contributed by atoms with E-state index in [1.54, 1.807) is 0 Å². The third kappa shape index (κ3) is 6.44. The molecule has 53 heavy (non-hydrogen) atoms. The average molecular weight is 693 g/mol. The SMILES string of the molecule is CC(C)(C)c1cc(-c2nn(-c3cc(-c4ccccc4)cc(-c4cc(-c5ccccc5)ccn4)c3)c3ccn(-c4ccccc4)c23)c(O)c(C(C)(C)C)c1. The molecular formula is C48H44N4O. The summed E-state index contributed by atoms with van der Waals surface area (Å²) >= 11 is 0. The molecule has 0 aliphatic rings. The van der Waals surface area contributed by atoms with E-state index in [0.29, 0.717) is 0 Å². The summed E-state index contributed by atoms with van der Waals surface area (Å²) in [6.07, 6.45) is 3.98. The molecule has 0 fully saturated rings. The number of hydrogen-bond acceptors (Lipinski definition) is 3. The molecule has 0 radical (unpaired) electrons. The van der Waals surface area contributed by atoms with Gasteiger partial charge in [-0.3, -0.25) is 4.98 Å². The number of fused-ring (bicyclic) bond motifs is 1. The number of benzene rings is 5. The van der Waals surface area contributed by atoms with Crippen molar-refractivity contribution in [1.82, 2.24) is 19.3 Å². The second kappa shape index (κ2) is 13.1. The van der Waals surface area contributed by atoms with Crippen molar-refractivity contribution in [3.63, 3.8) is 0 Å². The van der Waals surface area contributed by atoms with E-state index in [4.69, 9.17) is 10.1 Å². The molecule has 1 N–H and O–H groups in total. The number of pyridine rings is 1. The van der Waals surface area contributed by atoms with Gasteiger partial charge in [0.2, 0.25) is 0 Å². The summed E-state index contributed by atoms with van der Waals surface area (Å²) < 4.78 is 4.21. The van der Waals surface area contributed by atoms with E-state index in [2.05, 4.69) is 162 Å². The molecule has 0 spiro atoms. The first-order valence-electron chi connectivity index (χ1n) is 18.2. The summed E-state index contributed by atoms with van der Waals surface area (Å²) in [6, 6.07) is 48.4. The lowest BCUT2D eigenvalue weighted by atomic mass is 9.78. The van der Waals surface area contributed by atoms with Gasteiger partial charge in [-0.1, -0.05) is 126 Å². The van der Waals surface area contributed by atoms with Gasteiger partial charge >= 0.3 is 0 Å². The van der Waals surface area contributed by atoms with Crippen LogP contribution in [0.5, 0.6) is 5.75 Å². The molecule has 8 rings (SSSR count). The largest absolute Gasteiger partial charge is 0.507 e. The highest BCUT2D eigenvalue weighted by Gasteiger charge is 2.29. The zero-order chi connectivity index (χ0) is 36.9. The first-order chi connectivity index (χ1) is 25.5. The van der Waals surface area contributed by atoms with Gasteiger partial charge in [-0.15, -0.1) is 0 Å². The topological polar surface area (TPSA) is 55.9 Å². The van der Waals surface area contributed by atoms with Gasteiger partial charge in [0.25, 0.3) is 0 Å². The Labute approximate surface area is 311 Å². The van der Waals surface area contributed by atoms with Crippen LogP contribution in [-0.2, 0) is 10.8 Å². The average Bonchev–Trinajstić information content (AvgIpc) is 3.76. The highest BCUT2D eigenvalue weighted by Crippen LogP contribution is 2.45. The van der Waals surface area contributed by atoms with Crippen molar-refractivity contribution in [2.24, 2.45) is 0 Å².